The van der Waals surface area contributed by atoms with Crippen molar-refractivity contribution in [3.8, 4) is 0 Å². The standard InChI is InChI=1S/C17H22FN5O/c1-17(2,11-12-4-3-5-13(18)10-12)14-20-15(19)22-16(21-14)23-6-8-24-9-7-23/h3-5,10H,6-9,11H2,1-2H3,(H2,19,20,21,22). The molecule has 1 fully saturated rings. The molecule has 0 saturated carbocycles. The first kappa shape index (κ1) is 16.6. The Bertz CT molecular complexity index is 716. The van der Waals surface area contributed by atoms with Gasteiger partial charge in [-0.3, -0.25) is 0 Å². The highest BCUT2D eigenvalue weighted by Gasteiger charge is 2.27. The Balaban J connectivity index is 1.87. The summed E-state index contributed by atoms with van der Waals surface area (Å²) < 4.78 is 18.8. The average Bonchev–Trinajstić information content (AvgIpc) is 2.55. The first-order chi connectivity index (χ1) is 11.4. The van der Waals surface area contributed by atoms with Crippen LogP contribution in [-0.2, 0) is 16.6 Å². The van der Waals surface area contributed by atoms with Crippen molar-refractivity contribution < 1.29 is 9.13 Å². The molecule has 1 aliphatic rings. The molecule has 7 heteroatoms. The van der Waals surface area contributed by atoms with Crippen molar-refractivity contribution in [2.24, 2.45) is 0 Å². The molecule has 1 aliphatic heterocycles. The average molecular weight is 331 g/mol. The molecule has 0 amide bonds. The molecule has 0 bridgehead atoms. The van der Waals surface area contributed by atoms with Crippen LogP contribution >= 0.6 is 0 Å². The molecule has 1 aromatic heterocycles. The van der Waals surface area contributed by atoms with Crippen molar-refractivity contribution >= 4 is 11.9 Å². The Morgan fingerprint density at radius 2 is 1.96 bits per heavy atom. The molecule has 1 saturated heterocycles. The summed E-state index contributed by atoms with van der Waals surface area (Å²) in [6.45, 7) is 6.80. The summed E-state index contributed by atoms with van der Waals surface area (Å²) in [6.07, 6.45) is 0.608. The van der Waals surface area contributed by atoms with Crippen molar-refractivity contribution in [1.29, 1.82) is 0 Å². The lowest BCUT2D eigenvalue weighted by Gasteiger charge is -2.29. The lowest BCUT2D eigenvalue weighted by Crippen LogP contribution is -2.38. The van der Waals surface area contributed by atoms with Crippen LogP contribution in [0.15, 0.2) is 24.3 Å². The number of nitrogens with two attached hydrogens (primary N) is 1. The number of morpholine rings is 1. The summed E-state index contributed by atoms with van der Waals surface area (Å²) >= 11 is 0. The molecule has 0 spiro atoms. The molecule has 6 nitrogen and oxygen atoms in total. The molecular weight excluding hydrogens is 309 g/mol. The van der Waals surface area contributed by atoms with Crippen molar-refractivity contribution in [2.45, 2.75) is 25.7 Å². The second-order valence-electron chi connectivity index (χ2n) is 6.61. The Morgan fingerprint density at radius 3 is 2.67 bits per heavy atom. The minimum absolute atomic E-state index is 0.203. The minimum atomic E-state index is -0.397. The number of hydrogen-bond donors (Lipinski definition) is 1. The quantitative estimate of drug-likeness (QED) is 0.923. The molecule has 0 unspecified atom stereocenters. The van der Waals surface area contributed by atoms with E-state index >= 15 is 0 Å². The van der Waals surface area contributed by atoms with E-state index in [1.807, 2.05) is 24.8 Å². The van der Waals surface area contributed by atoms with E-state index in [1.54, 1.807) is 6.07 Å². The largest absolute Gasteiger partial charge is 0.378 e. The van der Waals surface area contributed by atoms with E-state index in [4.69, 9.17) is 10.5 Å². The highest BCUT2D eigenvalue weighted by molar-refractivity contribution is 5.36. The van der Waals surface area contributed by atoms with Crippen LogP contribution in [0.3, 0.4) is 0 Å². The number of ether oxygens (including phenoxy) is 1. The van der Waals surface area contributed by atoms with Gasteiger partial charge in [-0.2, -0.15) is 15.0 Å². The van der Waals surface area contributed by atoms with Crippen LogP contribution in [0.1, 0.15) is 25.2 Å². The SMILES string of the molecule is CC(C)(Cc1cccc(F)c1)c1nc(N)nc(N2CCOCC2)n1. The third-order valence-corrected chi connectivity index (χ3v) is 4.08. The summed E-state index contributed by atoms with van der Waals surface area (Å²) in [5.74, 6) is 1.15. The maximum Gasteiger partial charge on any atom is 0.230 e. The van der Waals surface area contributed by atoms with Gasteiger partial charge in [-0.25, -0.2) is 4.39 Å². The molecule has 0 atom stereocenters. The second-order valence-corrected chi connectivity index (χ2v) is 6.61. The van der Waals surface area contributed by atoms with Gasteiger partial charge in [-0.15, -0.1) is 0 Å². The lowest BCUT2D eigenvalue weighted by molar-refractivity contribution is 0.122. The number of hydrogen-bond acceptors (Lipinski definition) is 6. The third kappa shape index (κ3) is 3.79. The van der Waals surface area contributed by atoms with E-state index in [1.165, 1.54) is 12.1 Å². The summed E-state index contributed by atoms with van der Waals surface area (Å²) in [6, 6.07) is 6.59. The van der Waals surface area contributed by atoms with Crippen LogP contribution in [-0.4, -0.2) is 41.3 Å². The van der Waals surface area contributed by atoms with Gasteiger partial charge >= 0.3 is 0 Å². The minimum Gasteiger partial charge on any atom is -0.378 e. The van der Waals surface area contributed by atoms with Gasteiger partial charge in [0.25, 0.3) is 0 Å². The fraction of sp³-hybridized carbons (Fsp3) is 0.471. The number of anilines is 2. The van der Waals surface area contributed by atoms with E-state index < -0.39 is 5.41 Å². The summed E-state index contributed by atoms with van der Waals surface area (Å²) in [7, 11) is 0. The van der Waals surface area contributed by atoms with Crippen LogP contribution < -0.4 is 10.6 Å². The van der Waals surface area contributed by atoms with Gasteiger partial charge in [-0.05, 0) is 24.1 Å². The predicted molar refractivity (Wildman–Crippen MR) is 90.4 cm³/mol. The van der Waals surface area contributed by atoms with Gasteiger partial charge in [0.05, 0.1) is 13.2 Å². The number of rotatable bonds is 4. The molecule has 0 radical (unpaired) electrons. The van der Waals surface area contributed by atoms with Gasteiger partial charge in [0.2, 0.25) is 11.9 Å². The van der Waals surface area contributed by atoms with Crippen molar-refractivity contribution in [3.63, 3.8) is 0 Å². The Kier molecular flexibility index (Phi) is 4.62. The van der Waals surface area contributed by atoms with Gasteiger partial charge in [0.1, 0.15) is 11.6 Å². The number of nitrogen functional groups attached to an aromatic ring is 1. The number of nitrogens with zero attached hydrogens (tertiary/aromatic N) is 4. The first-order valence-electron chi connectivity index (χ1n) is 8.03. The van der Waals surface area contributed by atoms with E-state index in [0.717, 1.165) is 18.7 Å². The summed E-state index contributed by atoms with van der Waals surface area (Å²) in [5, 5.41) is 0. The molecule has 3 rings (SSSR count). The highest BCUT2D eigenvalue weighted by atomic mass is 19.1. The molecule has 2 aromatic rings. The normalized spacial score (nSPS) is 15.5. The number of benzene rings is 1. The lowest BCUT2D eigenvalue weighted by atomic mass is 9.85. The molecule has 2 N–H and O–H groups in total. The maximum absolute atomic E-state index is 13.4. The number of aromatic nitrogens is 3. The highest BCUT2D eigenvalue weighted by Crippen LogP contribution is 2.27. The topological polar surface area (TPSA) is 77.2 Å². The van der Waals surface area contributed by atoms with Gasteiger partial charge in [-0.1, -0.05) is 26.0 Å². The van der Waals surface area contributed by atoms with E-state index in [0.29, 0.717) is 31.4 Å². The van der Waals surface area contributed by atoms with Gasteiger partial charge in [0.15, 0.2) is 0 Å². The molecule has 0 aliphatic carbocycles. The van der Waals surface area contributed by atoms with Gasteiger partial charge < -0.3 is 15.4 Å². The molecule has 1 aromatic carbocycles. The van der Waals surface area contributed by atoms with Crippen LogP contribution in [0.5, 0.6) is 0 Å². The van der Waals surface area contributed by atoms with E-state index in [2.05, 4.69) is 15.0 Å². The fourth-order valence-corrected chi connectivity index (χ4v) is 2.82. The molecule has 128 valence electrons. The zero-order valence-corrected chi connectivity index (χ0v) is 14.0. The van der Waals surface area contributed by atoms with Crippen LogP contribution in [0.25, 0.3) is 0 Å². The Morgan fingerprint density at radius 1 is 1.21 bits per heavy atom. The molecule has 2 heterocycles. The smallest absolute Gasteiger partial charge is 0.230 e. The first-order valence-corrected chi connectivity index (χ1v) is 8.03. The summed E-state index contributed by atoms with van der Waals surface area (Å²) in [4.78, 5) is 15.2. The monoisotopic (exact) mass is 331 g/mol. The fourth-order valence-electron chi connectivity index (χ4n) is 2.82. The van der Waals surface area contributed by atoms with E-state index in [-0.39, 0.29) is 11.8 Å². The van der Waals surface area contributed by atoms with Crippen molar-refractivity contribution in [2.75, 3.05) is 36.9 Å². The van der Waals surface area contributed by atoms with Crippen LogP contribution in [0.4, 0.5) is 16.3 Å². The number of halogens is 1. The molecule has 24 heavy (non-hydrogen) atoms. The maximum atomic E-state index is 13.4. The van der Waals surface area contributed by atoms with Crippen LogP contribution in [0.2, 0.25) is 0 Å². The zero-order valence-electron chi connectivity index (χ0n) is 14.0. The van der Waals surface area contributed by atoms with E-state index in [9.17, 15) is 4.39 Å². The van der Waals surface area contributed by atoms with Crippen molar-refractivity contribution in [1.82, 2.24) is 15.0 Å². The second kappa shape index (κ2) is 6.68. The van der Waals surface area contributed by atoms with Crippen LogP contribution in [0, 0.1) is 5.82 Å². The molecular formula is C17H22FN5O. The predicted octanol–water partition coefficient (Wildman–Crippen LogP) is 1.95. The van der Waals surface area contributed by atoms with Crippen molar-refractivity contribution in [3.05, 3.63) is 41.5 Å². The third-order valence-electron chi connectivity index (χ3n) is 4.08. The summed E-state index contributed by atoms with van der Waals surface area (Å²) in [5.41, 5.74) is 6.40. The van der Waals surface area contributed by atoms with Gasteiger partial charge in [0, 0.05) is 18.5 Å². The Hall–Kier alpha value is -2.28. The zero-order chi connectivity index (χ0) is 17.2. The Labute approximate surface area is 140 Å².